The molecule has 1 amide bonds. The lowest BCUT2D eigenvalue weighted by molar-refractivity contribution is -0.157. The Morgan fingerprint density at radius 1 is 0.943 bits per heavy atom. The molecule has 0 aliphatic rings. The summed E-state index contributed by atoms with van der Waals surface area (Å²) in [6.07, 6.45) is 0. The van der Waals surface area contributed by atoms with Gasteiger partial charge in [0.25, 0.3) is 11.7 Å². The zero-order valence-electron chi connectivity index (χ0n) is 20.3. The van der Waals surface area contributed by atoms with Crippen LogP contribution in [0.4, 0.5) is 0 Å². The normalized spacial score (nSPS) is 11.5. The van der Waals surface area contributed by atoms with E-state index in [0.29, 0.717) is 28.9 Å². The summed E-state index contributed by atoms with van der Waals surface area (Å²) in [5.74, 6) is -2.10. The van der Waals surface area contributed by atoms with E-state index in [9.17, 15) is 14.4 Å². The Balaban J connectivity index is 1.78. The number of carbonyl (C=O) groups is 3. The van der Waals surface area contributed by atoms with Gasteiger partial charge in [0.05, 0.1) is 16.5 Å². The van der Waals surface area contributed by atoms with Crippen LogP contribution in [-0.4, -0.2) is 34.4 Å². The van der Waals surface area contributed by atoms with Gasteiger partial charge < -0.3 is 19.8 Å². The summed E-state index contributed by atoms with van der Waals surface area (Å²) < 4.78 is 13.1. The number of carbonyl (C=O) groups excluding carboxylic acids is 3. The first-order valence-corrected chi connectivity index (χ1v) is 11.3. The first kappa shape index (κ1) is 24.0. The van der Waals surface area contributed by atoms with Crippen molar-refractivity contribution in [2.75, 3.05) is 6.61 Å². The van der Waals surface area contributed by atoms with Crippen molar-refractivity contribution in [1.29, 1.82) is 0 Å². The molecule has 2 N–H and O–H groups in total. The van der Waals surface area contributed by atoms with E-state index in [4.69, 9.17) is 15.2 Å². The van der Waals surface area contributed by atoms with Crippen LogP contribution in [0.5, 0.6) is 5.75 Å². The van der Waals surface area contributed by atoms with Gasteiger partial charge in [-0.3, -0.25) is 9.59 Å². The molecule has 0 fully saturated rings. The number of ether oxygens (including phenoxy) is 2. The van der Waals surface area contributed by atoms with Gasteiger partial charge in [0.1, 0.15) is 11.4 Å². The summed E-state index contributed by atoms with van der Waals surface area (Å²) in [6, 6.07) is 19.5. The molecule has 0 saturated carbocycles. The van der Waals surface area contributed by atoms with Crippen LogP contribution in [0.2, 0.25) is 0 Å². The maximum absolute atomic E-state index is 12.9. The van der Waals surface area contributed by atoms with Crippen molar-refractivity contribution in [1.82, 2.24) is 4.57 Å². The van der Waals surface area contributed by atoms with Crippen LogP contribution in [0.25, 0.3) is 21.7 Å². The fourth-order valence-electron chi connectivity index (χ4n) is 4.24. The minimum absolute atomic E-state index is 0.174. The molecular formula is C28H28N2O5. The summed E-state index contributed by atoms with van der Waals surface area (Å²) >= 11 is 0. The quantitative estimate of drug-likeness (QED) is 0.242. The van der Waals surface area contributed by atoms with Crippen LogP contribution in [0, 0.1) is 6.92 Å². The van der Waals surface area contributed by atoms with Gasteiger partial charge in [-0.2, -0.15) is 0 Å². The Morgan fingerprint density at radius 2 is 1.66 bits per heavy atom. The third-order valence-electron chi connectivity index (χ3n) is 5.68. The lowest BCUT2D eigenvalue weighted by atomic mass is 10.1. The highest BCUT2D eigenvalue weighted by Gasteiger charge is 2.26. The number of nitrogens with zero attached hydrogens (tertiary/aromatic N) is 1. The maximum Gasteiger partial charge on any atom is 0.344 e. The van der Waals surface area contributed by atoms with Crippen LogP contribution in [0.3, 0.4) is 0 Å². The molecule has 0 radical (unpaired) electrons. The molecule has 180 valence electrons. The molecule has 0 aliphatic heterocycles. The summed E-state index contributed by atoms with van der Waals surface area (Å²) in [5.41, 5.74) is 7.22. The zero-order valence-corrected chi connectivity index (χ0v) is 20.3. The van der Waals surface area contributed by atoms with Gasteiger partial charge in [-0.15, -0.1) is 0 Å². The fraction of sp³-hybridized carbons (Fsp3) is 0.250. The number of fused-ring (bicyclic) bond motifs is 2. The first-order valence-electron chi connectivity index (χ1n) is 11.3. The molecule has 4 rings (SSSR count). The lowest BCUT2D eigenvalue weighted by Crippen LogP contribution is -2.27. The number of Topliss-reactive ketones (excluding diaryl/α,β-unsaturated/α-hetero) is 1. The molecule has 0 aliphatic carbocycles. The van der Waals surface area contributed by atoms with E-state index in [0.717, 1.165) is 16.3 Å². The fourth-order valence-corrected chi connectivity index (χ4v) is 4.24. The summed E-state index contributed by atoms with van der Waals surface area (Å²) in [4.78, 5) is 37.0. The first-order chi connectivity index (χ1) is 16.5. The number of aromatic nitrogens is 1. The average molecular weight is 473 g/mol. The third kappa shape index (κ3) is 5.04. The second-order valence-corrected chi connectivity index (χ2v) is 9.45. The molecule has 3 aromatic carbocycles. The summed E-state index contributed by atoms with van der Waals surface area (Å²) in [7, 11) is 0. The number of ketones is 1. The second kappa shape index (κ2) is 9.25. The Bertz CT molecular complexity index is 1460. The van der Waals surface area contributed by atoms with Crippen LogP contribution >= 0.6 is 0 Å². The largest absolute Gasteiger partial charge is 0.481 e. The SMILES string of the molecule is Cc1c(C(=O)C(N)=O)c2c(OCC(=O)OC(C)(C)C)cccc2n1Cc1ccc2ccccc2c1. The highest BCUT2D eigenvalue weighted by atomic mass is 16.6. The van der Waals surface area contributed by atoms with E-state index in [1.54, 1.807) is 39.8 Å². The van der Waals surface area contributed by atoms with E-state index in [1.807, 2.05) is 41.0 Å². The Kier molecular flexibility index (Phi) is 6.35. The molecule has 0 saturated heterocycles. The monoisotopic (exact) mass is 472 g/mol. The van der Waals surface area contributed by atoms with Crippen LogP contribution < -0.4 is 10.5 Å². The molecule has 7 heteroatoms. The van der Waals surface area contributed by atoms with Crippen LogP contribution in [0.1, 0.15) is 42.4 Å². The number of amides is 1. The minimum atomic E-state index is -1.06. The van der Waals surface area contributed by atoms with Gasteiger partial charge in [0.2, 0.25) is 0 Å². The number of esters is 1. The molecule has 1 aromatic heterocycles. The highest BCUT2D eigenvalue weighted by molar-refractivity contribution is 6.45. The molecule has 0 atom stereocenters. The average Bonchev–Trinajstić information content (AvgIpc) is 3.07. The predicted molar refractivity (Wildman–Crippen MR) is 135 cm³/mol. The minimum Gasteiger partial charge on any atom is -0.481 e. The van der Waals surface area contributed by atoms with Gasteiger partial charge >= 0.3 is 5.97 Å². The van der Waals surface area contributed by atoms with Crippen molar-refractivity contribution in [2.45, 2.75) is 39.8 Å². The Labute approximate surface area is 203 Å². The van der Waals surface area contributed by atoms with Crippen LogP contribution in [0.15, 0.2) is 60.7 Å². The zero-order chi connectivity index (χ0) is 25.3. The summed E-state index contributed by atoms with van der Waals surface area (Å²) in [5, 5.41) is 2.68. The standard InChI is InChI=1S/C28H28N2O5/c1-17-24(26(32)27(29)33)25-21(10-7-11-22(25)34-16-23(31)35-28(2,3)4)30(17)15-18-12-13-19-8-5-6-9-20(19)14-18/h5-14H,15-16H2,1-4H3,(H2,29,33). The number of benzene rings is 3. The maximum atomic E-state index is 12.9. The van der Waals surface area contributed by atoms with Gasteiger partial charge in [0, 0.05) is 12.2 Å². The smallest absolute Gasteiger partial charge is 0.344 e. The molecule has 0 bridgehead atoms. The molecule has 35 heavy (non-hydrogen) atoms. The highest BCUT2D eigenvalue weighted by Crippen LogP contribution is 2.35. The molecule has 4 aromatic rings. The number of nitrogens with two attached hydrogens (primary N) is 1. The molecule has 0 spiro atoms. The van der Waals surface area contributed by atoms with Crippen molar-refractivity contribution >= 4 is 39.3 Å². The van der Waals surface area contributed by atoms with Crippen molar-refractivity contribution in [3.63, 3.8) is 0 Å². The summed E-state index contributed by atoms with van der Waals surface area (Å²) in [6.45, 7) is 7.21. The van der Waals surface area contributed by atoms with E-state index in [-0.39, 0.29) is 12.2 Å². The lowest BCUT2D eigenvalue weighted by Gasteiger charge is -2.19. The van der Waals surface area contributed by atoms with Gasteiger partial charge in [0.15, 0.2) is 6.61 Å². The Morgan fingerprint density at radius 3 is 2.34 bits per heavy atom. The molecule has 0 unspecified atom stereocenters. The Hall–Kier alpha value is -4.13. The van der Waals surface area contributed by atoms with E-state index in [1.165, 1.54) is 0 Å². The number of hydrogen-bond acceptors (Lipinski definition) is 5. The van der Waals surface area contributed by atoms with Gasteiger partial charge in [-0.05, 0) is 62.2 Å². The van der Waals surface area contributed by atoms with Crippen molar-refractivity contribution < 1.29 is 23.9 Å². The van der Waals surface area contributed by atoms with Gasteiger partial charge in [-0.25, -0.2) is 4.79 Å². The van der Waals surface area contributed by atoms with E-state index < -0.39 is 23.3 Å². The number of hydrogen-bond donors (Lipinski definition) is 1. The topological polar surface area (TPSA) is 101 Å². The molecular weight excluding hydrogens is 444 g/mol. The number of primary amides is 1. The van der Waals surface area contributed by atoms with Crippen LogP contribution in [-0.2, 0) is 20.9 Å². The van der Waals surface area contributed by atoms with Crippen molar-refractivity contribution in [2.24, 2.45) is 5.73 Å². The molecule has 1 heterocycles. The van der Waals surface area contributed by atoms with Gasteiger partial charge in [-0.1, -0.05) is 42.5 Å². The molecule has 7 nitrogen and oxygen atoms in total. The van der Waals surface area contributed by atoms with Crippen molar-refractivity contribution in [3.8, 4) is 5.75 Å². The second-order valence-electron chi connectivity index (χ2n) is 9.45. The predicted octanol–water partition coefficient (Wildman–Crippen LogP) is 4.54. The van der Waals surface area contributed by atoms with Crippen molar-refractivity contribution in [3.05, 3.63) is 77.5 Å². The number of rotatable bonds is 7. The third-order valence-corrected chi connectivity index (χ3v) is 5.68. The van der Waals surface area contributed by atoms with E-state index in [2.05, 4.69) is 12.1 Å². The van der Waals surface area contributed by atoms with E-state index >= 15 is 0 Å².